The van der Waals surface area contributed by atoms with E-state index in [1.807, 2.05) is 32.0 Å². The van der Waals surface area contributed by atoms with Crippen molar-refractivity contribution in [2.24, 2.45) is 0 Å². The van der Waals surface area contributed by atoms with Crippen molar-refractivity contribution in [3.05, 3.63) is 95.2 Å². The Morgan fingerprint density at radius 2 is 1.78 bits per heavy atom. The number of pyridine rings is 1. The summed E-state index contributed by atoms with van der Waals surface area (Å²) in [6.45, 7) is 8.69. The molecule has 4 rings (SSSR count). The van der Waals surface area contributed by atoms with E-state index in [2.05, 4.69) is 73.8 Å². The molecule has 0 amide bonds. The number of rotatable bonds is 10. The summed E-state index contributed by atoms with van der Waals surface area (Å²) in [5.74, 6) is 0.687. The van der Waals surface area contributed by atoms with E-state index in [0.29, 0.717) is 19.4 Å². The third-order valence-corrected chi connectivity index (χ3v) is 6.54. The number of carbonyl (C=O) groups is 1. The highest BCUT2D eigenvalue weighted by Crippen LogP contribution is 2.31. The number of aromatic nitrogens is 1. The zero-order valence-electron chi connectivity index (χ0n) is 22.4. The van der Waals surface area contributed by atoms with E-state index in [-0.39, 0.29) is 18.1 Å². The van der Waals surface area contributed by atoms with E-state index < -0.39 is 0 Å². The summed E-state index contributed by atoms with van der Waals surface area (Å²) in [7, 11) is 1.68. The number of hydrogen-bond donors (Lipinski definition) is 1. The van der Waals surface area contributed by atoms with Crippen molar-refractivity contribution in [1.82, 2.24) is 10.3 Å². The lowest BCUT2D eigenvalue weighted by Gasteiger charge is -2.17. The number of nitrogens with zero attached hydrogens (tertiary/aromatic N) is 1. The van der Waals surface area contributed by atoms with Crippen LogP contribution in [0.15, 0.2) is 72.8 Å². The number of carbonyl (C=O) groups excluding carboxylic acids is 1. The average molecular weight is 497 g/mol. The summed E-state index contributed by atoms with van der Waals surface area (Å²) < 4.78 is 10.7. The first kappa shape index (κ1) is 26.4. The molecule has 5 nitrogen and oxygen atoms in total. The van der Waals surface area contributed by atoms with Crippen molar-refractivity contribution >= 4 is 16.7 Å². The average Bonchev–Trinajstić information content (AvgIpc) is 2.90. The second-order valence-electron chi connectivity index (χ2n) is 9.75. The highest BCUT2D eigenvalue weighted by molar-refractivity contribution is 5.95. The second-order valence-corrected chi connectivity index (χ2v) is 9.75. The van der Waals surface area contributed by atoms with Crippen LogP contribution in [0.25, 0.3) is 22.0 Å². The molecular weight excluding hydrogens is 460 g/mol. The Morgan fingerprint density at radius 3 is 2.57 bits per heavy atom. The molecule has 1 heterocycles. The van der Waals surface area contributed by atoms with Crippen LogP contribution in [0.4, 0.5) is 0 Å². The number of aryl methyl sites for hydroxylation is 2. The molecule has 3 aromatic carbocycles. The van der Waals surface area contributed by atoms with E-state index in [4.69, 9.17) is 14.5 Å². The number of benzene rings is 3. The molecule has 0 saturated carbocycles. The van der Waals surface area contributed by atoms with Gasteiger partial charge < -0.3 is 14.8 Å². The molecule has 0 fully saturated rings. The van der Waals surface area contributed by atoms with Crippen molar-refractivity contribution in [3.8, 4) is 17.0 Å². The van der Waals surface area contributed by atoms with Crippen LogP contribution in [0.1, 0.15) is 55.6 Å². The maximum atomic E-state index is 12.1. The highest BCUT2D eigenvalue weighted by atomic mass is 16.5. The molecule has 1 aromatic heterocycles. The topological polar surface area (TPSA) is 60.5 Å². The molecule has 0 spiro atoms. The molecule has 0 aliphatic rings. The fourth-order valence-electron chi connectivity index (χ4n) is 4.47. The maximum absolute atomic E-state index is 12.1. The SMILES string of the molecule is COc1cccc(CNC(C)c2cc3ccccc3c(-c3ccc(C)c(CCC(=O)OC(C)C)c3)n2)c1. The molecule has 192 valence electrons. The van der Waals surface area contributed by atoms with E-state index in [9.17, 15) is 4.79 Å². The van der Waals surface area contributed by atoms with Gasteiger partial charge in [-0.3, -0.25) is 9.78 Å². The molecule has 0 aliphatic heterocycles. The number of nitrogens with one attached hydrogen (secondary N) is 1. The number of hydrogen-bond acceptors (Lipinski definition) is 5. The quantitative estimate of drug-likeness (QED) is 0.241. The molecule has 0 aliphatic carbocycles. The van der Waals surface area contributed by atoms with Gasteiger partial charge in [0.15, 0.2) is 0 Å². The first-order chi connectivity index (χ1) is 17.8. The number of ether oxygens (including phenoxy) is 2. The Kier molecular flexibility index (Phi) is 8.57. The highest BCUT2D eigenvalue weighted by Gasteiger charge is 2.15. The van der Waals surface area contributed by atoms with E-state index in [0.717, 1.165) is 50.2 Å². The molecule has 1 unspecified atom stereocenters. The fraction of sp³-hybridized carbons (Fsp3) is 0.312. The van der Waals surface area contributed by atoms with Crippen LogP contribution in [0.3, 0.4) is 0 Å². The Hall–Kier alpha value is -3.70. The Bertz CT molecular complexity index is 1380. The Labute approximate surface area is 219 Å². The number of methoxy groups -OCH3 is 1. The summed E-state index contributed by atoms with van der Waals surface area (Å²) in [6.07, 6.45) is 0.904. The van der Waals surface area contributed by atoms with Gasteiger partial charge in [0.2, 0.25) is 0 Å². The third-order valence-electron chi connectivity index (χ3n) is 6.54. The standard InChI is InChI=1S/C32H36N2O3/c1-21(2)37-31(35)16-15-25-18-27(14-13-22(25)3)32-29-12-7-6-10-26(29)19-30(34-32)23(4)33-20-24-9-8-11-28(17-24)36-5/h6-14,17-19,21,23,33H,15-16,20H2,1-5H3. The summed E-state index contributed by atoms with van der Waals surface area (Å²) >= 11 is 0. The fourth-order valence-corrected chi connectivity index (χ4v) is 4.47. The van der Waals surface area contributed by atoms with Crippen LogP contribution < -0.4 is 10.1 Å². The van der Waals surface area contributed by atoms with Gasteiger partial charge in [0.1, 0.15) is 5.75 Å². The molecule has 4 aromatic rings. The maximum Gasteiger partial charge on any atom is 0.306 e. The van der Waals surface area contributed by atoms with Gasteiger partial charge in [-0.15, -0.1) is 0 Å². The van der Waals surface area contributed by atoms with Gasteiger partial charge in [-0.05, 0) is 80.5 Å². The first-order valence-corrected chi connectivity index (χ1v) is 12.9. The summed E-state index contributed by atoms with van der Waals surface area (Å²) in [5, 5.41) is 5.87. The van der Waals surface area contributed by atoms with Crippen molar-refractivity contribution < 1.29 is 14.3 Å². The van der Waals surface area contributed by atoms with Crippen LogP contribution in [0.5, 0.6) is 5.75 Å². The lowest BCUT2D eigenvalue weighted by molar-refractivity contribution is -0.147. The predicted octanol–water partition coefficient (Wildman–Crippen LogP) is 6.95. The minimum Gasteiger partial charge on any atom is -0.497 e. The van der Waals surface area contributed by atoms with Crippen LogP contribution in [0.2, 0.25) is 0 Å². The monoisotopic (exact) mass is 496 g/mol. The van der Waals surface area contributed by atoms with Crippen LogP contribution in [-0.2, 0) is 22.5 Å². The predicted molar refractivity (Wildman–Crippen MR) is 150 cm³/mol. The van der Waals surface area contributed by atoms with Gasteiger partial charge in [0.05, 0.1) is 24.6 Å². The summed E-state index contributed by atoms with van der Waals surface area (Å²) in [5.41, 5.74) is 6.45. The van der Waals surface area contributed by atoms with E-state index in [1.54, 1.807) is 7.11 Å². The van der Waals surface area contributed by atoms with Crippen molar-refractivity contribution in [1.29, 1.82) is 0 Å². The zero-order chi connectivity index (χ0) is 26.4. The Morgan fingerprint density at radius 1 is 0.973 bits per heavy atom. The summed E-state index contributed by atoms with van der Waals surface area (Å²) in [4.78, 5) is 17.3. The minimum atomic E-state index is -0.165. The number of fused-ring (bicyclic) bond motifs is 1. The molecule has 0 bridgehead atoms. The molecule has 5 heteroatoms. The lowest BCUT2D eigenvalue weighted by Crippen LogP contribution is -2.19. The van der Waals surface area contributed by atoms with Crippen molar-refractivity contribution in [2.45, 2.75) is 59.2 Å². The Balaban J connectivity index is 1.62. The molecule has 0 saturated heterocycles. The summed E-state index contributed by atoms with van der Waals surface area (Å²) in [6, 6.07) is 25.1. The van der Waals surface area contributed by atoms with Crippen molar-refractivity contribution in [2.75, 3.05) is 7.11 Å². The molecule has 0 radical (unpaired) electrons. The van der Waals surface area contributed by atoms with Gasteiger partial charge in [-0.25, -0.2) is 0 Å². The van der Waals surface area contributed by atoms with Gasteiger partial charge in [-0.2, -0.15) is 0 Å². The van der Waals surface area contributed by atoms with Gasteiger partial charge in [-0.1, -0.05) is 48.5 Å². The van der Waals surface area contributed by atoms with Crippen molar-refractivity contribution in [3.63, 3.8) is 0 Å². The van der Waals surface area contributed by atoms with Gasteiger partial charge in [0.25, 0.3) is 0 Å². The molecular formula is C32H36N2O3. The normalized spacial score (nSPS) is 12.1. The first-order valence-electron chi connectivity index (χ1n) is 12.9. The van der Waals surface area contributed by atoms with Crippen LogP contribution in [0, 0.1) is 6.92 Å². The van der Waals surface area contributed by atoms with Crippen LogP contribution >= 0.6 is 0 Å². The van der Waals surface area contributed by atoms with Gasteiger partial charge >= 0.3 is 5.97 Å². The smallest absolute Gasteiger partial charge is 0.306 e. The number of esters is 1. The van der Waals surface area contributed by atoms with E-state index >= 15 is 0 Å². The molecule has 1 N–H and O–H groups in total. The van der Waals surface area contributed by atoms with Crippen LogP contribution in [-0.4, -0.2) is 24.2 Å². The van der Waals surface area contributed by atoms with Gasteiger partial charge in [0, 0.05) is 30.0 Å². The largest absolute Gasteiger partial charge is 0.497 e. The second kappa shape index (κ2) is 12.0. The minimum absolute atomic E-state index is 0.0466. The zero-order valence-corrected chi connectivity index (χ0v) is 22.4. The third kappa shape index (κ3) is 6.75. The van der Waals surface area contributed by atoms with E-state index in [1.165, 1.54) is 0 Å². The molecule has 1 atom stereocenters. The molecule has 37 heavy (non-hydrogen) atoms. The lowest BCUT2D eigenvalue weighted by atomic mass is 9.96.